The fourth-order valence-corrected chi connectivity index (χ4v) is 4.43. The number of ether oxygens (including phenoxy) is 3. The van der Waals surface area contributed by atoms with E-state index >= 15 is 0 Å². The topological polar surface area (TPSA) is 120 Å². The number of unbranched alkanes of at least 4 members (excludes halogenated alkanes) is 4. The van der Waals surface area contributed by atoms with E-state index in [2.05, 4.69) is 17.6 Å². The predicted molar refractivity (Wildman–Crippen MR) is 174 cm³/mol. The molecule has 0 spiro atoms. The summed E-state index contributed by atoms with van der Waals surface area (Å²) in [5.41, 5.74) is 2.00. The SMILES string of the molecule is CCCCCCCOc1ccc(C(=O)Oc2ccc(CC(NC(=O)c3ccc(NC(=O)C(C)C)cc3)C(C)=O)cc2OC)cc1. The monoisotopic (exact) mass is 616 g/mol. The van der Waals surface area contributed by atoms with Gasteiger partial charge in [0.15, 0.2) is 17.3 Å². The maximum Gasteiger partial charge on any atom is 0.343 e. The van der Waals surface area contributed by atoms with E-state index in [1.54, 1.807) is 80.6 Å². The second-order valence-corrected chi connectivity index (χ2v) is 11.2. The molecule has 0 saturated carbocycles. The fraction of sp³-hybridized carbons (Fsp3) is 0.389. The first-order chi connectivity index (χ1) is 21.6. The molecule has 2 amide bonds. The lowest BCUT2D eigenvalue weighted by Gasteiger charge is -2.18. The van der Waals surface area contributed by atoms with Gasteiger partial charge < -0.3 is 24.8 Å². The van der Waals surface area contributed by atoms with Crippen LogP contribution in [0, 0.1) is 5.92 Å². The van der Waals surface area contributed by atoms with Crippen molar-refractivity contribution < 1.29 is 33.4 Å². The van der Waals surface area contributed by atoms with Gasteiger partial charge in [0.05, 0.1) is 25.3 Å². The molecule has 2 N–H and O–H groups in total. The first-order valence-electron chi connectivity index (χ1n) is 15.5. The van der Waals surface area contributed by atoms with Crippen LogP contribution in [0.5, 0.6) is 17.2 Å². The molecule has 0 fully saturated rings. The molecule has 0 aliphatic carbocycles. The summed E-state index contributed by atoms with van der Waals surface area (Å²) in [4.78, 5) is 50.1. The first-order valence-corrected chi connectivity index (χ1v) is 15.5. The largest absolute Gasteiger partial charge is 0.494 e. The molecule has 0 radical (unpaired) electrons. The van der Waals surface area contributed by atoms with Crippen LogP contribution in [0.1, 0.15) is 86.1 Å². The molecule has 1 unspecified atom stereocenters. The molecule has 0 aromatic heterocycles. The summed E-state index contributed by atoms with van der Waals surface area (Å²) in [7, 11) is 1.46. The lowest BCUT2D eigenvalue weighted by molar-refractivity contribution is -0.119. The van der Waals surface area contributed by atoms with Gasteiger partial charge in [-0.1, -0.05) is 52.5 Å². The Bertz CT molecular complexity index is 1430. The standard InChI is InChI=1S/C36H44N2O7/c1-6-7-8-9-10-21-44-30-18-14-28(15-19-30)36(42)45-32-20-11-26(23-33(32)43-5)22-31(25(4)39)38-35(41)27-12-16-29(17-13-27)37-34(40)24(2)3/h11-20,23-24,31H,6-10,21-22H2,1-5H3,(H,37,40)(H,38,41). The average Bonchev–Trinajstić information content (AvgIpc) is 3.03. The van der Waals surface area contributed by atoms with Crippen molar-refractivity contribution in [3.05, 3.63) is 83.4 Å². The third-order valence-corrected chi connectivity index (χ3v) is 7.21. The van der Waals surface area contributed by atoms with Gasteiger partial charge in [0, 0.05) is 17.2 Å². The average molecular weight is 617 g/mol. The number of nitrogens with one attached hydrogen (secondary N) is 2. The number of esters is 1. The molecular weight excluding hydrogens is 572 g/mol. The number of rotatable bonds is 17. The summed E-state index contributed by atoms with van der Waals surface area (Å²) < 4.78 is 16.8. The van der Waals surface area contributed by atoms with E-state index in [1.165, 1.54) is 33.3 Å². The second-order valence-electron chi connectivity index (χ2n) is 11.2. The number of methoxy groups -OCH3 is 1. The Labute approximate surface area is 265 Å². The Kier molecular flexibility index (Phi) is 13.6. The predicted octanol–water partition coefficient (Wildman–Crippen LogP) is 6.79. The van der Waals surface area contributed by atoms with Crippen molar-refractivity contribution in [2.45, 2.75) is 72.3 Å². The second kappa shape index (κ2) is 17.6. The number of Topliss-reactive ketones (excluding diaryl/α,β-unsaturated/α-hetero) is 1. The van der Waals surface area contributed by atoms with Crippen molar-refractivity contribution in [2.75, 3.05) is 19.0 Å². The highest BCUT2D eigenvalue weighted by Gasteiger charge is 2.21. The number of amides is 2. The Morgan fingerprint density at radius 1 is 0.800 bits per heavy atom. The molecule has 0 bridgehead atoms. The Balaban J connectivity index is 1.59. The zero-order valence-corrected chi connectivity index (χ0v) is 26.8. The summed E-state index contributed by atoms with van der Waals surface area (Å²) in [6.45, 7) is 7.82. The molecule has 3 aromatic rings. The minimum absolute atomic E-state index is 0.122. The highest BCUT2D eigenvalue weighted by molar-refractivity contribution is 5.98. The van der Waals surface area contributed by atoms with Gasteiger partial charge in [0.2, 0.25) is 5.91 Å². The van der Waals surface area contributed by atoms with Crippen LogP contribution in [0.4, 0.5) is 5.69 Å². The number of ketones is 1. The van der Waals surface area contributed by atoms with Crippen molar-refractivity contribution >= 4 is 29.3 Å². The van der Waals surface area contributed by atoms with E-state index < -0.39 is 17.9 Å². The molecule has 9 heteroatoms. The summed E-state index contributed by atoms with van der Waals surface area (Å²) in [6.07, 6.45) is 5.98. The van der Waals surface area contributed by atoms with Crippen LogP contribution in [0.15, 0.2) is 66.7 Å². The van der Waals surface area contributed by atoms with Gasteiger partial charge in [-0.25, -0.2) is 4.79 Å². The van der Waals surface area contributed by atoms with E-state index in [0.29, 0.717) is 40.5 Å². The molecule has 0 saturated heterocycles. The van der Waals surface area contributed by atoms with Crippen LogP contribution in [0.3, 0.4) is 0 Å². The van der Waals surface area contributed by atoms with Crippen LogP contribution in [-0.2, 0) is 16.0 Å². The summed E-state index contributed by atoms with van der Waals surface area (Å²) >= 11 is 0. The van der Waals surface area contributed by atoms with Gasteiger partial charge in [-0.05, 0) is 86.0 Å². The number of hydrogen-bond acceptors (Lipinski definition) is 7. The molecule has 3 rings (SSSR count). The number of benzene rings is 3. The van der Waals surface area contributed by atoms with Gasteiger partial charge >= 0.3 is 5.97 Å². The molecule has 0 aliphatic rings. The van der Waals surface area contributed by atoms with Crippen molar-refractivity contribution in [2.24, 2.45) is 5.92 Å². The summed E-state index contributed by atoms with van der Waals surface area (Å²) in [5.74, 6) is -0.234. The smallest absolute Gasteiger partial charge is 0.343 e. The van der Waals surface area contributed by atoms with E-state index in [9.17, 15) is 19.2 Å². The van der Waals surface area contributed by atoms with Crippen LogP contribution in [0.25, 0.3) is 0 Å². The van der Waals surface area contributed by atoms with Crippen LogP contribution < -0.4 is 24.8 Å². The van der Waals surface area contributed by atoms with Crippen molar-refractivity contribution in [1.29, 1.82) is 0 Å². The first kappa shape index (κ1) is 34.8. The van der Waals surface area contributed by atoms with E-state index in [-0.39, 0.29) is 29.8 Å². The van der Waals surface area contributed by atoms with Gasteiger partial charge in [-0.15, -0.1) is 0 Å². The summed E-state index contributed by atoms with van der Waals surface area (Å²) in [6, 6.07) is 17.5. The number of anilines is 1. The van der Waals surface area contributed by atoms with Crippen LogP contribution >= 0.6 is 0 Å². The third kappa shape index (κ3) is 11.1. The zero-order chi connectivity index (χ0) is 32.8. The normalized spacial score (nSPS) is 11.4. The lowest BCUT2D eigenvalue weighted by Crippen LogP contribution is -2.41. The number of carbonyl (C=O) groups excluding carboxylic acids is 4. The minimum atomic E-state index is -0.798. The van der Waals surface area contributed by atoms with Gasteiger partial charge in [0.25, 0.3) is 5.91 Å². The molecule has 0 aliphatic heterocycles. The van der Waals surface area contributed by atoms with Gasteiger partial charge in [0.1, 0.15) is 5.75 Å². The Hall–Kier alpha value is -4.66. The molecular formula is C36H44N2O7. The van der Waals surface area contributed by atoms with Gasteiger partial charge in [-0.3, -0.25) is 14.4 Å². The van der Waals surface area contributed by atoms with Crippen molar-refractivity contribution in [1.82, 2.24) is 5.32 Å². The molecule has 45 heavy (non-hydrogen) atoms. The van der Waals surface area contributed by atoms with E-state index in [4.69, 9.17) is 14.2 Å². The highest BCUT2D eigenvalue weighted by Crippen LogP contribution is 2.30. The minimum Gasteiger partial charge on any atom is -0.494 e. The number of carbonyl (C=O) groups is 4. The Morgan fingerprint density at radius 3 is 2.09 bits per heavy atom. The zero-order valence-electron chi connectivity index (χ0n) is 26.8. The van der Waals surface area contributed by atoms with Crippen molar-refractivity contribution in [3.63, 3.8) is 0 Å². The summed E-state index contributed by atoms with van der Waals surface area (Å²) in [5, 5.41) is 5.56. The molecule has 240 valence electrons. The van der Waals surface area contributed by atoms with E-state index in [0.717, 1.165) is 12.8 Å². The maximum atomic E-state index is 12.9. The molecule has 3 aromatic carbocycles. The number of hydrogen-bond donors (Lipinski definition) is 2. The lowest BCUT2D eigenvalue weighted by atomic mass is 10.0. The highest BCUT2D eigenvalue weighted by atomic mass is 16.6. The fourth-order valence-electron chi connectivity index (χ4n) is 4.43. The third-order valence-electron chi connectivity index (χ3n) is 7.21. The van der Waals surface area contributed by atoms with Crippen LogP contribution in [0.2, 0.25) is 0 Å². The van der Waals surface area contributed by atoms with Crippen LogP contribution in [-0.4, -0.2) is 43.3 Å². The van der Waals surface area contributed by atoms with Crippen molar-refractivity contribution in [3.8, 4) is 17.2 Å². The Morgan fingerprint density at radius 2 is 1.47 bits per heavy atom. The van der Waals surface area contributed by atoms with E-state index in [1.807, 2.05) is 0 Å². The molecule has 9 nitrogen and oxygen atoms in total. The maximum absolute atomic E-state index is 12.9. The molecule has 0 heterocycles. The van der Waals surface area contributed by atoms with Gasteiger partial charge in [-0.2, -0.15) is 0 Å². The molecule has 1 atom stereocenters. The quantitative estimate of drug-likeness (QED) is 0.0974.